The molecule has 2 N–H and O–H groups in total. The number of rotatable bonds is 6. The minimum atomic E-state index is -3.72. The maximum atomic E-state index is 12.4. The molecular formula is C16H15BrN2O3S. The average molecular weight is 395 g/mol. The first kappa shape index (κ1) is 17.2. The van der Waals surface area contributed by atoms with Crippen LogP contribution in [0.15, 0.2) is 70.6 Å². The molecule has 23 heavy (non-hydrogen) atoms. The van der Waals surface area contributed by atoms with Gasteiger partial charge >= 0.3 is 0 Å². The van der Waals surface area contributed by atoms with E-state index in [-0.39, 0.29) is 10.8 Å². The van der Waals surface area contributed by atoms with E-state index in [2.05, 4.69) is 32.5 Å². The van der Waals surface area contributed by atoms with E-state index in [0.717, 1.165) is 0 Å². The summed E-state index contributed by atoms with van der Waals surface area (Å²) in [4.78, 5) is 11.8. The molecule has 0 aromatic heterocycles. The van der Waals surface area contributed by atoms with Gasteiger partial charge in [0.15, 0.2) is 0 Å². The van der Waals surface area contributed by atoms with Gasteiger partial charge in [0.25, 0.3) is 15.9 Å². The minimum absolute atomic E-state index is 0.0773. The van der Waals surface area contributed by atoms with Gasteiger partial charge < -0.3 is 5.32 Å². The van der Waals surface area contributed by atoms with Gasteiger partial charge in [-0.15, -0.1) is 6.58 Å². The third-order valence-electron chi connectivity index (χ3n) is 2.95. The number of sulfonamides is 1. The summed E-state index contributed by atoms with van der Waals surface area (Å²) in [5.74, 6) is -0.285. The molecule has 0 radical (unpaired) electrons. The maximum absolute atomic E-state index is 12.4. The molecular weight excluding hydrogens is 380 g/mol. The number of benzene rings is 2. The lowest BCUT2D eigenvalue weighted by atomic mass is 10.2. The van der Waals surface area contributed by atoms with E-state index in [9.17, 15) is 13.2 Å². The second-order valence-electron chi connectivity index (χ2n) is 4.61. The fourth-order valence-corrected chi connectivity index (χ4v) is 3.39. The van der Waals surface area contributed by atoms with Gasteiger partial charge in [0, 0.05) is 16.6 Å². The third kappa shape index (κ3) is 4.43. The van der Waals surface area contributed by atoms with Crippen molar-refractivity contribution in [1.29, 1.82) is 0 Å². The monoisotopic (exact) mass is 394 g/mol. The van der Waals surface area contributed by atoms with Gasteiger partial charge in [-0.05, 0) is 52.3 Å². The predicted molar refractivity (Wildman–Crippen MR) is 93.9 cm³/mol. The normalized spacial score (nSPS) is 10.8. The first-order valence-electron chi connectivity index (χ1n) is 6.70. The molecule has 0 aliphatic heterocycles. The Morgan fingerprint density at radius 2 is 1.78 bits per heavy atom. The minimum Gasteiger partial charge on any atom is -0.349 e. The highest BCUT2D eigenvalue weighted by Gasteiger charge is 2.16. The van der Waals surface area contributed by atoms with Gasteiger partial charge in [-0.3, -0.25) is 9.52 Å². The Morgan fingerprint density at radius 1 is 1.13 bits per heavy atom. The summed E-state index contributed by atoms with van der Waals surface area (Å²) in [5.41, 5.74) is 0.826. The van der Waals surface area contributed by atoms with Crippen LogP contribution >= 0.6 is 15.9 Å². The lowest BCUT2D eigenvalue weighted by molar-refractivity contribution is 0.0958. The van der Waals surface area contributed by atoms with Crippen molar-refractivity contribution in [2.45, 2.75) is 4.90 Å². The molecule has 0 aliphatic carbocycles. The zero-order chi connectivity index (χ0) is 16.9. The van der Waals surface area contributed by atoms with Crippen LogP contribution in [0, 0.1) is 0 Å². The Balaban J connectivity index is 2.19. The van der Waals surface area contributed by atoms with Gasteiger partial charge in [-0.1, -0.05) is 18.2 Å². The summed E-state index contributed by atoms with van der Waals surface area (Å²) in [5, 5.41) is 2.63. The lowest BCUT2D eigenvalue weighted by Gasteiger charge is -2.10. The maximum Gasteiger partial charge on any atom is 0.261 e. The zero-order valence-electron chi connectivity index (χ0n) is 12.1. The standard InChI is InChI=1S/C16H15BrN2O3S/c1-2-11-18-16(20)12-7-9-13(10-8-12)23(21,22)19-15-6-4-3-5-14(15)17/h2-10,19H,1,11H2,(H,18,20). The molecule has 120 valence electrons. The number of para-hydroxylation sites is 1. The molecule has 0 aliphatic rings. The van der Waals surface area contributed by atoms with Crippen molar-refractivity contribution >= 4 is 37.5 Å². The number of amides is 1. The molecule has 0 saturated carbocycles. The van der Waals surface area contributed by atoms with E-state index in [1.807, 2.05) is 0 Å². The van der Waals surface area contributed by atoms with Gasteiger partial charge in [0.05, 0.1) is 10.6 Å². The summed E-state index contributed by atoms with van der Waals surface area (Å²) in [7, 11) is -3.72. The summed E-state index contributed by atoms with van der Waals surface area (Å²) in [6.45, 7) is 3.86. The van der Waals surface area contributed by atoms with Crippen LogP contribution in [-0.4, -0.2) is 20.9 Å². The molecule has 0 atom stereocenters. The number of carbonyl (C=O) groups excluding carboxylic acids is 1. The number of hydrogen-bond donors (Lipinski definition) is 2. The molecule has 0 spiro atoms. The number of anilines is 1. The Hall–Kier alpha value is -2.12. The van der Waals surface area contributed by atoms with E-state index < -0.39 is 10.0 Å². The molecule has 0 heterocycles. The smallest absolute Gasteiger partial charge is 0.261 e. The van der Waals surface area contributed by atoms with Crippen molar-refractivity contribution < 1.29 is 13.2 Å². The highest BCUT2D eigenvalue weighted by atomic mass is 79.9. The van der Waals surface area contributed by atoms with Crippen molar-refractivity contribution in [1.82, 2.24) is 5.32 Å². The average Bonchev–Trinajstić information content (AvgIpc) is 2.55. The second-order valence-corrected chi connectivity index (χ2v) is 7.15. The zero-order valence-corrected chi connectivity index (χ0v) is 14.5. The molecule has 7 heteroatoms. The van der Waals surface area contributed by atoms with Gasteiger partial charge in [0.2, 0.25) is 0 Å². The van der Waals surface area contributed by atoms with Crippen molar-refractivity contribution in [3.8, 4) is 0 Å². The molecule has 0 saturated heterocycles. The van der Waals surface area contributed by atoms with Gasteiger partial charge in [0.1, 0.15) is 0 Å². The molecule has 2 aromatic carbocycles. The Morgan fingerprint density at radius 3 is 2.39 bits per heavy atom. The van der Waals surface area contributed by atoms with Crippen molar-refractivity contribution in [3.63, 3.8) is 0 Å². The molecule has 2 rings (SSSR count). The molecule has 0 bridgehead atoms. The van der Waals surface area contributed by atoms with E-state index >= 15 is 0 Å². The quantitative estimate of drug-likeness (QED) is 0.738. The van der Waals surface area contributed by atoms with Crippen LogP contribution < -0.4 is 10.0 Å². The van der Waals surface area contributed by atoms with E-state index in [1.54, 1.807) is 30.3 Å². The largest absolute Gasteiger partial charge is 0.349 e. The topological polar surface area (TPSA) is 75.3 Å². The third-order valence-corrected chi connectivity index (χ3v) is 5.02. The predicted octanol–water partition coefficient (Wildman–Crippen LogP) is 3.17. The van der Waals surface area contributed by atoms with Crippen molar-refractivity contribution in [2.75, 3.05) is 11.3 Å². The van der Waals surface area contributed by atoms with Gasteiger partial charge in [-0.2, -0.15) is 0 Å². The summed E-state index contributed by atoms with van der Waals surface area (Å²) >= 11 is 3.29. The molecule has 0 unspecified atom stereocenters. The Labute approximate surface area is 143 Å². The van der Waals surface area contributed by atoms with Crippen LogP contribution in [-0.2, 0) is 10.0 Å². The Kier molecular flexibility index (Phi) is 5.57. The fourth-order valence-electron chi connectivity index (χ4n) is 1.80. The molecule has 5 nitrogen and oxygen atoms in total. The van der Waals surface area contributed by atoms with Crippen LogP contribution in [0.4, 0.5) is 5.69 Å². The molecule has 0 fully saturated rings. The number of halogens is 1. The van der Waals surface area contributed by atoms with E-state index in [1.165, 1.54) is 24.3 Å². The van der Waals surface area contributed by atoms with Crippen LogP contribution in [0.5, 0.6) is 0 Å². The highest BCUT2D eigenvalue weighted by Crippen LogP contribution is 2.24. The Bertz CT molecular complexity index is 817. The molecule has 2 aromatic rings. The number of hydrogen-bond acceptors (Lipinski definition) is 3. The first-order chi connectivity index (χ1) is 10.9. The van der Waals surface area contributed by atoms with Crippen molar-refractivity contribution in [3.05, 3.63) is 71.2 Å². The van der Waals surface area contributed by atoms with Crippen LogP contribution in [0.1, 0.15) is 10.4 Å². The number of carbonyl (C=O) groups is 1. The van der Waals surface area contributed by atoms with Crippen LogP contribution in [0.2, 0.25) is 0 Å². The van der Waals surface area contributed by atoms with Crippen LogP contribution in [0.3, 0.4) is 0 Å². The van der Waals surface area contributed by atoms with Crippen molar-refractivity contribution in [2.24, 2.45) is 0 Å². The number of nitrogens with one attached hydrogen (secondary N) is 2. The fraction of sp³-hybridized carbons (Fsp3) is 0.0625. The summed E-state index contributed by atoms with van der Waals surface area (Å²) in [6, 6.07) is 12.6. The highest BCUT2D eigenvalue weighted by molar-refractivity contribution is 9.10. The second kappa shape index (κ2) is 7.43. The van der Waals surface area contributed by atoms with E-state index in [4.69, 9.17) is 0 Å². The summed E-state index contributed by atoms with van der Waals surface area (Å²) < 4.78 is 27.9. The first-order valence-corrected chi connectivity index (χ1v) is 8.98. The van der Waals surface area contributed by atoms with E-state index in [0.29, 0.717) is 22.3 Å². The lowest BCUT2D eigenvalue weighted by Crippen LogP contribution is -2.23. The van der Waals surface area contributed by atoms with Crippen LogP contribution in [0.25, 0.3) is 0 Å². The molecule has 1 amide bonds. The summed E-state index contributed by atoms with van der Waals surface area (Å²) in [6.07, 6.45) is 1.57. The van der Waals surface area contributed by atoms with Gasteiger partial charge in [-0.25, -0.2) is 8.42 Å². The SMILES string of the molecule is C=CCNC(=O)c1ccc(S(=O)(=O)Nc2ccccc2Br)cc1.